The van der Waals surface area contributed by atoms with Gasteiger partial charge in [0, 0.05) is 12.7 Å². The molecular formula is C14H21N3O2. The van der Waals surface area contributed by atoms with Crippen LogP contribution in [0.2, 0.25) is 0 Å². The molecule has 0 aliphatic carbocycles. The lowest BCUT2D eigenvalue weighted by Crippen LogP contribution is -2.46. The maximum absolute atomic E-state index is 12.0. The highest BCUT2D eigenvalue weighted by molar-refractivity contribution is 5.81. The Morgan fingerprint density at radius 1 is 1.58 bits per heavy atom. The fraction of sp³-hybridized carbons (Fsp3) is 0.571. The summed E-state index contributed by atoms with van der Waals surface area (Å²) in [4.78, 5) is 18.4. The van der Waals surface area contributed by atoms with Crippen molar-refractivity contribution >= 4 is 17.5 Å². The van der Waals surface area contributed by atoms with Gasteiger partial charge < -0.3 is 15.4 Å². The van der Waals surface area contributed by atoms with Gasteiger partial charge in [0.1, 0.15) is 6.04 Å². The summed E-state index contributed by atoms with van der Waals surface area (Å²) in [6, 6.07) is 1.63. The van der Waals surface area contributed by atoms with E-state index in [0.717, 1.165) is 31.4 Å². The minimum absolute atomic E-state index is 0.177. The van der Waals surface area contributed by atoms with E-state index in [1.165, 1.54) is 0 Å². The van der Waals surface area contributed by atoms with Gasteiger partial charge in [-0.25, -0.2) is 9.78 Å². The maximum Gasteiger partial charge on any atom is 0.328 e. The van der Waals surface area contributed by atoms with E-state index in [-0.39, 0.29) is 12.0 Å². The molecule has 2 rings (SSSR count). The number of nitrogen functional groups attached to an aromatic ring is 1. The number of anilines is 2. The summed E-state index contributed by atoms with van der Waals surface area (Å²) in [7, 11) is 0. The minimum atomic E-state index is -0.258. The van der Waals surface area contributed by atoms with Crippen molar-refractivity contribution in [3.8, 4) is 0 Å². The van der Waals surface area contributed by atoms with Crippen LogP contribution < -0.4 is 10.6 Å². The second-order valence-corrected chi connectivity index (χ2v) is 4.88. The second kappa shape index (κ2) is 5.91. The summed E-state index contributed by atoms with van der Waals surface area (Å²) < 4.78 is 5.15. The van der Waals surface area contributed by atoms with E-state index in [0.29, 0.717) is 18.1 Å². The van der Waals surface area contributed by atoms with Gasteiger partial charge in [-0.1, -0.05) is 0 Å². The number of carbonyl (C=O) groups excluding carboxylic acids is 1. The van der Waals surface area contributed by atoms with E-state index in [1.54, 1.807) is 6.20 Å². The fourth-order valence-electron chi connectivity index (χ4n) is 2.49. The number of pyridine rings is 1. The van der Waals surface area contributed by atoms with Crippen LogP contribution in [0, 0.1) is 6.92 Å². The van der Waals surface area contributed by atoms with Crippen molar-refractivity contribution in [1.29, 1.82) is 0 Å². The molecule has 1 aliphatic rings. The van der Waals surface area contributed by atoms with Crippen LogP contribution in [0.4, 0.5) is 11.5 Å². The SMILES string of the molecule is CCOC(=O)C1CCCCN1c1ncc(C)cc1N. The Balaban J connectivity index is 2.26. The van der Waals surface area contributed by atoms with E-state index in [9.17, 15) is 4.79 Å². The predicted octanol–water partition coefficient (Wildman–Crippen LogP) is 1.89. The number of nitrogens with two attached hydrogens (primary N) is 1. The van der Waals surface area contributed by atoms with Gasteiger partial charge in [0.15, 0.2) is 5.82 Å². The predicted molar refractivity (Wildman–Crippen MR) is 75.0 cm³/mol. The number of esters is 1. The molecule has 2 N–H and O–H groups in total. The van der Waals surface area contributed by atoms with E-state index in [1.807, 2.05) is 24.8 Å². The number of hydrogen-bond donors (Lipinski definition) is 1. The van der Waals surface area contributed by atoms with Crippen molar-refractivity contribution in [3.63, 3.8) is 0 Å². The first-order chi connectivity index (χ1) is 9.13. The van der Waals surface area contributed by atoms with E-state index >= 15 is 0 Å². The number of rotatable bonds is 3. The summed E-state index contributed by atoms with van der Waals surface area (Å²) in [6.45, 7) is 4.97. The molecule has 0 radical (unpaired) electrons. The monoisotopic (exact) mass is 263 g/mol. The topological polar surface area (TPSA) is 68.5 Å². The Bertz CT molecular complexity index is 462. The summed E-state index contributed by atoms with van der Waals surface area (Å²) in [5.41, 5.74) is 7.67. The Hall–Kier alpha value is -1.78. The van der Waals surface area contributed by atoms with Gasteiger partial charge in [-0.3, -0.25) is 0 Å². The molecule has 5 heteroatoms. The molecule has 1 aliphatic heterocycles. The van der Waals surface area contributed by atoms with Crippen LogP contribution in [0.1, 0.15) is 31.7 Å². The maximum atomic E-state index is 12.0. The number of aryl methyl sites for hydroxylation is 1. The zero-order valence-electron chi connectivity index (χ0n) is 11.6. The summed E-state index contributed by atoms with van der Waals surface area (Å²) >= 11 is 0. The van der Waals surface area contributed by atoms with Crippen molar-refractivity contribution in [2.45, 2.75) is 39.2 Å². The zero-order valence-corrected chi connectivity index (χ0v) is 11.6. The molecule has 1 unspecified atom stereocenters. The average Bonchev–Trinajstić information content (AvgIpc) is 2.39. The smallest absolute Gasteiger partial charge is 0.328 e. The van der Waals surface area contributed by atoms with E-state index in [2.05, 4.69) is 4.98 Å². The van der Waals surface area contributed by atoms with Gasteiger partial charge >= 0.3 is 5.97 Å². The molecule has 2 heterocycles. The van der Waals surface area contributed by atoms with Crippen LogP contribution >= 0.6 is 0 Å². The van der Waals surface area contributed by atoms with Gasteiger partial charge in [-0.2, -0.15) is 0 Å². The molecule has 1 atom stereocenters. The van der Waals surface area contributed by atoms with Gasteiger partial charge in [0.05, 0.1) is 12.3 Å². The fourth-order valence-corrected chi connectivity index (χ4v) is 2.49. The first-order valence-electron chi connectivity index (χ1n) is 6.79. The van der Waals surface area contributed by atoms with Gasteiger partial charge in [0.2, 0.25) is 0 Å². The lowest BCUT2D eigenvalue weighted by Gasteiger charge is -2.35. The molecule has 1 saturated heterocycles. The Kier molecular flexibility index (Phi) is 4.24. The quantitative estimate of drug-likeness (QED) is 0.843. The lowest BCUT2D eigenvalue weighted by atomic mass is 10.0. The number of ether oxygens (including phenoxy) is 1. The molecule has 0 amide bonds. The highest BCUT2D eigenvalue weighted by atomic mass is 16.5. The summed E-state index contributed by atoms with van der Waals surface area (Å²) in [6.07, 6.45) is 4.66. The molecule has 19 heavy (non-hydrogen) atoms. The summed E-state index contributed by atoms with van der Waals surface area (Å²) in [5.74, 6) is 0.521. The molecule has 0 aromatic carbocycles. The van der Waals surface area contributed by atoms with E-state index in [4.69, 9.17) is 10.5 Å². The van der Waals surface area contributed by atoms with Gasteiger partial charge in [-0.05, 0) is 44.7 Å². The van der Waals surface area contributed by atoms with Crippen LogP contribution in [-0.4, -0.2) is 30.1 Å². The van der Waals surface area contributed by atoms with Gasteiger partial charge in [-0.15, -0.1) is 0 Å². The highest BCUT2D eigenvalue weighted by Gasteiger charge is 2.31. The zero-order chi connectivity index (χ0) is 13.8. The van der Waals surface area contributed by atoms with Crippen molar-refractivity contribution in [3.05, 3.63) is 17.8 Å². The van der Waals surface area contributed by atoms with Crippen LogP contribution in [-0.2, 0) is 9.53 Å². The third kappa shape index (κ3) is 2.97. The third-order valence-corrected chi connectivity index (χ3v) is 3.37. The van der Waals surface area contributed by atoms with Crippen molar-refractivity contribution in [2.75, 3.05) is 23.8 Å². The second-order valence-electron chi connectivity index (χ2n) is 4.88. The molecule has 1 aromatic heterocycles. The Morgan fingerprint density at radius 2 is 2.37 bits per heavy atom. The Labute approximate surface area is 113 Å². The number of carbonyl (C=O) groups is 1. The molecule has 5 nitrogen and oxygen atoms in total. The van der Waals surface area contributed by atoms with Crippen LogP contribution in [0.15, 0.2) is 12.3 Å². The molecule has 1 aromatic rings. The van der Waals surface area contributed by atoms with Crippen molar-refractivity contribution in [2.24, 2.45) is 0 Å². The third-order valence-electron chi connectivity index (χ3n) is 3.37. The van der Waals surface area contributed by atoms with Crippen LogP contribution in [0.5, 0.6) is 0 Å². The number of piperidine rings is 1. The molecule has 104 valence electrons. The normalized spacial score (nSPS) is 19.3. The summed E-state index contributed by atoms with van der Waals surface area (Å²) in [5, 5.41) is 0. The van der Waals surface area contributed by atoms with Crippen molar-refractivity contribution < 1.29 is 9.53 Å². The standard InChI is InChI=1S/C14H21N3O2/c1-3-19-14(18)12-6-4-5-7-17(12)13-11(15)8-10(2)9-16-13/h8-9,12H,3-7,15H2,1-2H3. The molecule has 0 spiro atoms. The minimum Gasteiger partial charge on any atom is -0.464 e. The van der Waals surface area contributed by atoms with E-state index < -0.39 is 0 Å². The Morgan fingerprint density at radius 3 is 3.05 bits per heavy atom. The molecule has 0 saturated carbocycles. The van der Waals surface area contributed by atoms with Crippen LogP contribution in [0.25, 0.3) is 0 Å². The average molecular weight is 263 g/mol. The molecule has 1 fully saturated rings. The first kappa shape index (κ1) is 13.6. The highest BCUT2D eigenvalue weighted by Crippen LogP contribution is 2.28. The number of hydrogen-bond acceptors (Lipinski definition) is 5. The number of nitrogens with zero attached hydrogens (tertiary/aromatic N) is 2. The lowest BCUT2D eigenvalue weighted by molar-refractivity contribution is -0.145. The molecule has 0 bridgehead atoms. The largest absolute Gasteiger partial charge is 0.464 e. The van der Waals surface area contributed by atoms with Crippen LogP contribution in [0.3, 0.4) is 0 Å². The van der Waals surface area contributed by atoms with Crippen molar-refractivity contribution in [1.82, 2.24) is 4.98 Å². The van der Waals surface area contributed by atoms with Gasteiger partial charge in [0.25, 0.3) is 0 Å². The first-order valence-corrected chi connectivity index (χ1v) is 6.79. The molecular weight excluding hydrogens is 242 g/mol. The number of aromatic nitrogens is 1.